The lowest BCUT2D eigenvalue weighted by atomic mass is 9.95. The van der Waals surface area contributed by atoms with Crippen molar-refractivity contribution in [1.82, 2.24) is 10.6 Å². The summed E-state index contributed by atoms with van der Waals surface area (Å²) in [6, 6.07) is 1.09. The Kier molecular flexibility index (Phi) is 5.00. The van der Waals surface area contributed by atoms with Crippen LogP contribution in [0.5, 0.6) is 0 Å². The van der Waals surface area contributed by atoms with Crippen molar-refractivity contribution in [1.29, 1.82) is 0 Å². The van der Waals surface area contributed by atoms with Gasteiger partial charge in [0.25, 0.3) is 0 Å². The molecule has 1 aliphatic heterocycles. The van der Waals surface area contributed by atoms with Crippen LogP contribution in [0.15, 0.2) is 4.99 Å². The Morgan fingerprint density at radius 1 is 1.04 bits per heavy atom. The Hall–Kier alpha value is -0.780. The van der Waals surface area contributed by atoms with Crippen LogP contribution in [-0.2, 0) is 9.84 Å². The van der Waals surface area contributed by atoms with Crippen LogP contribution in [0.3, 0.4) is 0 Å². The fourth-order valence-electron chi connectivity index (χ4n) is 5.50. The topological polar surface area (TPSA) is 70.6 Å². The van der Waals surface area contributed by atoms with Crippen molar-refractivity contribution < 1.29 is 8.42 Å². The Morgan fingerprint density at radius 2 is 1.92 bits per heavy atom. The number of aliphatic imine (C=N–C) groups is 1. The highest BCUT2D eigenvalue weighted by Gasteiger charge is 2.40. The second-order valence-electron chi connectivity index (χ2n) is 9.14. The first-order valence-electron chi connectivity index (χ1n) is 10.2. The van der Waals surface area contributed by atoms with E-state index >= 15 is 0 Å². The van der Waals surface area contributed by atoms with Crippen LogP contribution < -0.4 is 10.6 Å². The predicted octanol–water partition coefficient (Wildman–Crippen LogP) is 2.33. The minimum atomic E-state index is -2.81. The van der Waals surface area contributed by atoms with Gasteiger partial charge in [0, 0.05) is 18.6 Å². The predicted molar refractivity (Wildman–Crippen MR) is 101 cm³/mol. The molecule has 3 aliphatic carbocycles. The molecule has 0 aromatic heterocycles. The molecule has 0 spiro atoms. The van der Waals surface area contributed by atoms with Gasteiger partial charge < -0.3 is 10.6 Å². The van der Waals surface area contributed by atoms with Crippen LogP contribution in [0.25, 0.3) is 0 Å². The number of rotatable bonds is 4. The van der Waals surface area contributed by atoms with E-state index in [1.54, 1.807) is 0 Å². The summed E-state index contributed by atoms with van der Waals surface area (Å²) in [6.45, 7) is 2.96. The quantitative estimate of drug-likeness (QED) is 0.591. The molecule has 4 rings (SSSR count). The van der Waals surface area contributed by atoms with Gasteiger partial charge in [-0.2, -0.15) is 0 Å². The van der Waals surface area contributed by atoms with E-state index in [4.69, 9.17) is 4.99 Å². The molecule has 6 heteroatoms. The molecule has 0 amide bonds. The van der Waals surface area contributed by atoms with Crippen LogP contribution in [0.1, 0.15) is 58.3 Å². The molecule has 3 saturated carbocycles. The highest BCUT2D eigenvalue weighted by Crippen LogP contribution is 2.44. The number of hydrogen-bond donors (Lipinski definition) is 2. The van der Waals surface area contributed by atoms with E-state index in [0.29, 0.717) is 30.1 Å². The van der Waals surface area contributed by atoms with Crippen molar-refractivity contribution >= 4 is 15.8 Å². The number of nitrogens with zero attached hydrogens (tertiary/aromatic N) is 1. The fourth-order valence-corrected chi connectivity index (χ4v) is 7.35. The van der Waals surface area contributed by atoms with Crippen molar-refractivity contribution in [3.8, 4) is 0 Å². The molecule has 0 aromatic rings. The van der Waals surface area contributed by atoms with Crippen molar-refractivity contribution in [2.75, 3.05) is 18.1 Å². The maximum absolute atomic E-state index is 11.7. The summed E-state index contributed by atoms with van der Waals surface area (Å²) in [5, 5.41) is 7.39. The Labute approximate surface area is 152 Å². The number of fused-ring (bicyclic) bond motifs is 2. The van der Waals surface area contributed by atoms with Crippen LogP contribution in [0.2, 0.25) is 0 Å². The summed E-state index contributed by atoms with van der Waals surface area (Å²) in [4.78, 5) is 4.84. The first-order valence-corrected chi connectivity index (χ1v) is 12.1. The highest BCUT2D eigenvalue weighted by atomic mass is 32.2. The molecule has 6 atom stereocenters. The maximum Gasteiger partial charge on any atom is 0.191 e. The van der Waals surface area contributed by atoms with Crippen LogP contribution in [-0.4, -0.2) is 44.5 Å². The lowest BCUT2D eigenvalue weighted by molar-refractivity contribution is 0.384. The molecule has 142 valence electrons. The Balaban J connectivity index is 1.38. The normalized spacial score (nSPS) is 42.8. The summed E-state index contributed by atoms with van der Waals surface area (Å²) in [7, 11) is -2.81. The van der Waals surface area contributed by atoms with E-state index in [1.165, 1.54) is 44.9 Å². The summed E-state index contributed by atoms with van der Waals surface area (Å²) in [5.41, 5.74) is 0. The van der Waals surface area contributed by atoms with Gasteiger partial charge in [-0.25, -0.2) is 8.42 Å². The average molecular weight is 368 g/mol. The van der Waals surface area contributed by atoms with Gasteiger partial charge in [-0.15, -0.1) is 0 Å². The van der Waals surface area contributed by atoms with E-state index in [2.05, 4.69) is 17.6 Å². The number of nitrogens with one attached hydrogen (secondary N) is 2. The summed E-state index contributed by atoms with van der Waals surface area (Å²) < 4.78 is 23.4. The average Bonchev–Trinajstić information content (AvgIpc) is 3.31. The molecule has 5 nitrogen and oxygen atoms in total. The minimum absolute atomic E-state index is 0.200. The number of sulfone groups is 1. The molecule has 0 aromatic carbocycles. The lowest BCUT2D eigenvalue weighted by Gasteiger charge is -2.27. The molecular weight excluding hydrogens is 334 g/mol. The lowest BCUT2D eigenvalue weighted by Crippen LogP contribution is -2.48. The van der Waals surface area contributed by atoms with Crippen molar-refractivity contribution in [3.63, 3.8) is 0 Å². The Bertz CT molecular complexity index is 618. The van der Waals surface area contributed by atoms with E-state index in [1.807, 2.05) is 0 Å². The van der Waals surface area contributed by atoms with Crippen LogP contribution in [0.4, 0.5) is 0 Å². The van der Waals surface area contributed by atoms with E-state index in [9.17, 15) is 8.42 Å². The first-order chi connectivity index (χ1) is 12.0. The van der Waals surface area contributed by atoms with Crippen molar-refractivity contribution in [2.45, 2.75) is 70.4 Å². The number of guanidine groups is 1. The zero-order valence-corrected chi connectivity index (χ0v) is 16.2. The molecule has 4 aliphatic rings. The van der Waals surface area contributed by atoms with Gasteiger partial charge >= 0.3 is 0 Å². The molecule has 6 unspecified atom stereocenters. The van der Waals surface area contributed by atoms with Gasteiger partial charge in [-0.1, -0.05) is 13.3 Å². The summed E-state index contributed by atoms with van der Waals surface area (Å²) in [5.74, 6) is 4.32. The minimum Gasteiger partial charge on any atom is -0.354 e. The standard InChI is InChI=1S/C19H33N3O2S/c1-13-2-5-17(8-13)21-19(20-11-15-6-7-25(23,24)12-15)22-18-10-14-3-4-16(18)9-14/h13-18H,2-12H2,1H3,(H2,20,21,22). The SMILES string of the molecule is CC1CCC(NC(=NCC2CCS(=O)(=O)C2)NC2CC3CCC2C3)C1. The van der Waals surface area contributed by atoms with Gasteiger partial charge in [0.2, 0.25) is 0 Å². The molecule has 1 heterocycles. The highest BCUT2D eigenvalue weighted by molar-refractivity contribution is 7.91. The summed E-state index contributed by atoms with van der Waals surface area (Å²) in [6.07, 6.45) is 9.93. The molecule has 0 radical (unpaired) electrons. The number of hydrogen-bond acceptors (Lipinski definition) is 3. The van der Waals surface area contributed by atoms with E-state index in [0.717, 1.165) is 30.1 Å². The molecule has 1 saturated heterocycles. The first kappa shape index (κ1) is 17.6. The third-order valence-corrected chi connectivity index (χ3v) is 8.77. The molecular formula is C19H33N3O2S. The van der Waals surface area contributed by atoms with Gasteiger partial charge in [0.1, 0.15) is 0 Å². The van der Waals surface area contributed by atoms with Gasteiger partial charge in [0.15, 0.2) is 15.8 Å². The maximum atomic E-state index is 11.7. The molecule has 25 heavy (non-hydrogen) atoms. The van der Waals surface area contributed by atoms with Gasteiger partial charge in [-0.05, 0) is 68.6 Å². The van der Waals surface area contributed by atoms with Gasteiger partial charge in [-0.3, -0.25) is 4.99 Å². The zero-order chi connectivity index (χ0) is 17.4. The largest absolute Gasteiger partial charge is 0.354 e. The third-order valence-electron chi connectivity index (χ3n) is 6.93. The van der Waals surface area contributed by atoms with Crippen molar-refractivity contribution in [3.05, 3.63) is 0 Å². The molecule has 2 N–H and O–H groups in total. The van der Waals surface area contributed by atoms with E-state index in [-0.39, 0.29) is 5.92 Å². The van der Waals surface area contributed by atoms with E-state index < -0.39 is 9.84 Å². The zero-order valence-electron chi connectivity index (χ0n) is 15.4. The smallest absolute Gasteiger partial charge is 0.191 e. The van der Waals surface area contributed by atoms with Crippen LogP contribution >= 0.6 is 0 Å². The van der Waals surface area contributed by atoms with Gasteiger partial charge in [0.05, 0.1) is 11.5 Å². The van der Waals surface area contributed by atoms with Crippen molar-refractivity contribution in [2.24, 2.45) is 28.7 Å². The van der Waals surface area contributed by atoms with Crippen LogP contribution in [0, 0.1) is 23.7 Å². The monoisotopic (exact) mass is 367 g/mol. The second kappa shape index (κ2) is 7.09. The second-order valence-corrected chi connectivity index (χ2v) is 11.4. The summed E-state index contributed by atoms with van der Waals surface area (Å²) >= 11 is 0. The third kappa shape index (κ3) is 4.32. The molecule has 4 fully saturated rings. The molecule has 2 bridgehead atoms. The Morgan fingerprint density at radius 3 is 2.52 bits per heavy atom. The fraction of sp³-hybridized carbons (Fsp3) is 0.947.